The fourth-order valence-corrected chi connectivity index (χ4v) is 1.11. The molecule has 2 amide bonds. The minimum absolute atomic E-state index is 0.0958. The van der Waals surface area contributed by atoms with Gasteiger partial charge >= 0.3 is 6.09 Å². The Morgan fingerprint density at radius 1 is 1.29 bits per heavy atom. The van der Waals surface area contributed by atoms with Gasteiger partial charge in [0.25, 0.3) is 0 Å². The maximum atomic E-state index is 11.4. The summed E-state index contributed by atoms with van der Waals surface area (Å²) in [7, 11) is 1.77. The number of alkyl carbamates (subject to hydrolysis) is 1. The van der Waals surface area contributed by atoms with E-state index in [4.69, 9.17) is 4.74 Å². The van der Waals surface area contributed by atoms with Gasteiger partial charge in [-0.3, -0.25) is 4.79 Å². The van der Waals surface area contributed by atoms with E-state index in [1.807, 2.05) is 27.7 Å². The molecule has 0 aliphatic heterocycles. The van der Waals surface area contributed by atoms with E-state index in [0.717, 1.165) is 0 Å². The minimum atomic E-state index is -0.484. The zero-order chi connectivity index (χ0) is 13.5. The average molecular weight is 244 g/mol. The van der Waals surface area contributed by atoms with E-state index in [9.17, 15) is 9.59 Å². The second-order valence-electron chi connectivity index (χ2n) is 4.94. The predicted molar refractivity (Wildman–Crippen MR) is 66.8 cm³/mol. The summed E-state index contributed by atoms with van der Waals surface area (Å²) in [6.45, 7) is 8.53. The van der Waals surface area contributed by atoms with Crippen LogP contribution in [0.4, 0.5) is 4.79 Å². The van der Waals surface area contributed by atoms with Crippen molar-refractivity contribution in [2.24, 2.45) is 0 Å². The molecule has 0 rings (SSSR count). The van der Waals surface area contributed by atoms with E-state index < -0.39 is 11.7 Å². The van der Waals surface area contributed by atoms with Crippen LogP contribution in [0.2, 0.25) is 0 Å². The van der Waals surface area contributed by atoms with Gasteiger partial charge in [-0.1, -0.05) is 0 Å². The van der Waals surface area contributed by atoms with Gasteiger partial charge in [-0.05, 0) is 34.1 Å². The van der Waals surface area contributed by atoms with E-state index in [-0.39, 0.29) is 5.91 Å². The first-order valence-corrected chi connectivity index (χ1v) is 5.97. The summed E-state index contributed by atoms with van der Waals surface area (Å²) in [4.78, 5) is 24.4. The van der Waals surface area contributed by atoms with Crippen molar-refractivity contribution in [2.45, 2.75) is 46.1 Å². The molecule has 0 aliphatic rings. The van der Waals surface area contributed by atoms with Crippen LogP contribution in [0.1, 0.15) is 40.5 Å². The molecule has 5 heteroatoms. The lowest BCUT2D eigenvalue weighted by Gasteiger charge is -2.19. The first-order valence-electron chi connectivity index (χ1n) is 5.97. The van der Waals surface area contributed by atoms with Crippen LogP contribution in [0.3, 0.4) is 0 Å². The number of carbonyl (C=O) groups excluding carboxylic acids is 2. The van der Waals surface area contributed by atoms with Crippen LogP contribution in [-0.2, 0) is 9.53 Å². The Morgan fingerprint density at radius 2 is 1.88 bits per heavy atom. The van der Waals surface area contributed by atoms with Gasteiger partial charge in [0.05, 0.1) is 0 Å². The number of nitrogens with one attached hydrogen (secondary N) is 1. The number of nitrogens with zero attached hydrogens (tertiary/aromatic N) is 1. The minimum Gasteiger partial charge on any atom is -0.444 e. The summed E-state index contributed by atoms with van der Waals surface area (Å²) in [5, 5.41) is 2.62. The Kier molecular flexibility index (Phi) is 6.61. The first-order chi connectivity index (χ1) is 7.76. The molecular weight excluding hydrogens is 220 g/mol. The molecule has 0 aliphatic carbocycles. The molecule has 0 bridgehead atoms. The first kappa shape index (κ1) is 15.7. The molecule has 0 fully saturated rings. The Bertz CT molecular complexity index is 259. The van der Waals surface area contributed by atoms with E-state index >= 15 is 0 Å². The fraction of sp³-hybridized carbons (Fsp3) is 0.833. The van der Waals surface area contributed by atoms with Crippen LogP contribution in [-0.4, -0.2) is 42.6 Å². The highest BCUT2D eigenvalue weighted by molar-refractivity contribution is 5.75. The zero-order valence-corrected chi connectivity index (χ0v) is 11.5. The normalized spacial score (nSPS) is 10.9. The third kappa shape index (κ3) is 8.54. The molecule has 17 heavy (non-hydrogen) atoms. The van der Waals surface area contributed by atoms with Crippen LogP contribution >= 0.6 is 0 Å². The summed E-state index contributed by atoms with van der Waals surface area (Å²) in [6, 6.07) is 0. The van der Waals surface area contributed by atoms with Gasteiger partial charge in [0.15, 0.2) is 0 Å². The molecule has 0 aromatic rings. The standard InChI is InChI=1S/C12H24N2O3/c1-6-14(5)10(15)8-7-9-13-11(16)17-12(2,3)4/h6-9H2,1-5H3,(H,13,16). The van der Waals surface area contributed by atoms with Crippen molar-refractivity contribution in [2.75, 3.05) is 20.1 Å². The van der Waals surface area contributed by atoms with Crippen LogP contribution < -0.4 is 5.32 Å². The molecule has 0 radical (unpaired) electrons. The molecule has 0 saturated carbocycles. The second kappa shape index (κ2) is 7.14. The van der Waals surface area contributed by atoms with Gasteiger partial charge in [0.2, 0.25) is 5.91 Å². The predicted octanol–water partition coefficient (Wildman–Crippen LogP) is 1.77. The molecule has 0 unspecified atom stereocenters. The molecule has 0 atom stereocenters. The maximum Gasteiger partial charge on any atom is 0.407 e. The highest BCUT2D eigenvalue weighted by atomic mass is 16.6. The molecule has 0 heterocycles. The summed E-state index contributed by atoms with van der Waals surface area (Å²) in [5.41, 5.74) is -0.484. The summed E-state index contributed by atoms with van der Waals surface area (Å²) >= 11 is 0. The van der Waals surface area contributed by atoms with Crippen molar-refractivity contribution in [3.8, 4) is 0 Å². The van der Waals surface area contributed by atoms with Crippen molar-refractivity contribution in [1.29, 1.82) is 0 Å². The number of hydrogen-bond acceptors (Lipinski definition) is 3. The van der Waals surface area contributed by atoms with Crippen LogP contribution in [0.5, 0.6) is 0 Å². The third-order valence-electron chi connectivity index (χ3n) is 2.14. The smallest absolute Gasteiger partial charge is 0.407 e. The lowest BCUT2D eigenvalue weighted by molar-refractivity contribution is -0.129. The fourth-order valence-electron chi connectivity index (χ4n) is 1.11. The highest BCUT2D eigenvalue weighted by Gasteiger charge is 2.15. The zero-order valence-electron chi connectivity index (χ0n) is 11.5. The number of rotatable bonds is 5. The number of ether oxygens (including phenoxy) is 1. The van der Waals surface area contributed by atoms with Crippen molar-refractivity contribution < 1.29 is 14.3 Å². The van der Waals surface area contributed by atoms with Crippen LogP contribution in [0.15, 0.2) is 0 Å². The maximum absolute atomic E-state index is 11.4. The van der Waals surface area contributed by atoms with Gasteiger partial charge < -0.3 is 15.0 Å². The molecule has 0 aromatic heterocycles. The SMILES string of the molecule is CCN(C)C(=O)CCCNC(=O)OC(C)(C)C. The highest BCUT2D eigenvalue weighted by Crippen LogP contribution is 2.06. The number of carbonyl (C=O) groups is 2. The topological polar surface area (TPSA) is 58.6 Å². The Labute approximate surface area is 103 Å². The van der Waals surface area contributed by atoms with Gasteiger partial charge in [-0.2, -0.15) is 0 Å². The number of amides is 2. The molecule has 1 N–H and O–H groups in total. The Hall–Kier alpha value is -1.26. The van der Waals surface area contributed by atoms with Crippen molar-refractivity contribution in [1.82, 2.24) is 10.2 Å². The van der Waals surface area contributed by atoms with E-state index in [1.165, 1.54) is 0 Å². The van der Waals surface area contributed by atoms with E-state index in [0.29, 0.717) is 25.9 Å². The van der Waals surface area contributed by atoms with Gasteiger partial charge in [-0.15, -0.1) is 0 Å². The second-order valence-corrected chi connectivity index (χ2v) is 4.94. The molecule has 0 saturated heterocycles. The number of hydrogen-bond donors (Lipinski definition) is 1. The molecule has 100 valence electrons. The van der Waals surface area contributed by atoms with Gasteiger partial charge in [0.1, 0.15) is 5.60 Å². The lowest BCUT2D eigenvalue weighted by atomic mass is 10.2. The average Bonchev–Trinajstić information content (AvgIpc) is 2.20. The molecular formula is C12H24N2O3. The molecule has 0 spiro atoms. The molecule has 5 nitrogen and oxygen atoms in total. The van der Waals surface area contributed by atoms with E-state index in [2.05, 4.69) is 5.32 Å². The van der Waals surface area contributed by atoms with Crippen molar-refractivity contribution in [3.63, 3.8) is 0 Å². The van der Waals surface area contributed by atoms with Crippen LogP contribution in [0, 0.1) is 0 Å². The van der Waals surface area contributed by atoms with E-state index in [1.54, 1.807) is 11.9 Å². The van der Waals surface area contributed by atoms with Crippen LogP contribution in [0.25, 0.3) is 0 Å². The van der Waals surface area contributed by atoms with Gasteiger partial charge in [0, 0.05) is 26.6 Å². The Morgan fingerprint density at radius 3 is 2.35 bits per heavy atom. The Balaban J connectivity index is 3.65. The van der Waals surface area contributed by atoms with Crippen molar-refractivity contribution in [3.05, 3.63) is 0 Å². The molecule has 0 aromatic carbocycles. The lowest BCUT2D eigenvalue weighted by Crippen LogP contribution is -2.33. The third-order valence-corrected chi connectivity index (χ3v) is 2.14. The summed E-state index contributed by atoms with van der Waals surface area (Å²) in [5.74, 6) is 0.0958. The largest absolute Gasteiger partial charge is 0.444 e. The monoisotopic (exact) mass is 244 g/mol. The van der Waals surface area contributed by atoms with Gasteiger partial charge in [-0.25, -0.2) is 4.79 Å². The summed E-state index contributed by atoms with van der Waals surface area (Å²) in [6.07, 6.45) is 0.636. The quantitative estimate of drug-likeness (QED) is 0.750. The van der Waals surface area contributed by atoms with Crippen molar-refractivity contribution >= 4 is 12.0 Å². The summed E-state index contributed by atoms with van der Waals surface area (Å²) < 4.78 is 5.07.